The quantitative estimate of drug-likeness (QED) is 0.409. The van der Waals surface area contributed by atoms with Crippen molar-refractivity contribution in [3.63, 3.8) is 0 Å². The van der Waals surface area contributed by atoms with E-state index in [0.717, 1.165) is 0 Å². The van der Waals surface area contributed by atoms with Crippen molar-refractivity contribution < 1.29 is 4.74 Å². The summed E-state index contributed by atoms with van der Waals surface area (Å²) in [7, 11) is 1.56. The number of hydrogen-bond acceptors (Lipinski definition) is 3. The maximum Gasteiger partial charge on any atom is 0.185 e. The molecule has 0 aliphatic rings. The van der Waals surface area contributed by atoms with E-state index in [-0.39, 0.29) is 0 Å². The molecular weight excluding hydrogens is 222 g/mol. The molecular formula is C8H10ClN3OS. The van der Waals surface area contributed by atoms with Crippen molar-refractivity contribution in [2.75, 3.05) is 12.4 Å². The molecule has 0 spiro atoms. The number of methoxy groups -OCH3 is 1. The van der Waals surface area contributed by atoms with Crippen LogP contribution < -0.4 is 21.3 Å². The highest BCUT2D eigenvalue weighted by Crippen LogP contribution is 2.27. The van der Waals surface area contributed by atoms with Crippen LogP contribution >= 0.6 is 23.8 Å². The molecule has 0 atom stereocenters. The first-order valence-electron chi connectivity index (χ1n) is 3.78. The number of ether oxygens (including phenoxy) is 1. The Morgan fingerprint density at radius 1 is 1.57 bits per heavy atom. The van der Waals surface area contributed by atoms with E-state index < -0.39 is 0 Å². The van der Waals surface area contributed by atoms with Crippen LogP contribution in [0.3, 0.4) is 0 Å². The fraction of sp³-hybridized carbons (Fsp3) is 0.125. The second-order valence-corrected chi connectivity index (χ2v) is 3.29. The molecule has 0 bridgehead atoms. The van der Waals surface area contributed by atoms with E-state index in [0.29, 0.717) is 21.6 Å². The molecule has 14 heavy (non-hydrogen) atoms. The molecule has 4 nitrogen and oxygen atoms in total. The van der Waals surface area contributed by atoms with E-state index in [1.807, 2.05) is 0 Å². The Kier molecular flexibility index (Phi) is 3.94. The molecule has 0 saturated carbocycles. The molecule has 6 heteroatoms. The first-order chi connectivity index (χ1) is 6.67. The van der Waals surface area contributed by atoms with Gasteiger partial charge in [0.05, 0.1) is 12.8 Å². The van der Waals surface area contributed by atoms with Gasteiger partial charge in [-0.2, -0.15) is 0 Å². The highest BCUT2D eigenvalue weighted by Gasteiger charge is 2.04. The van der Waals surface area contributed by atoms with Crippen LogP contribution in [-0.4, -0.2) is 12.2 Å². The second-order valence-electron chi connectivity index (χ2n) is 2.44. The summed E-state index contributed by atoms with van der Waals surface area (Å²) in [5, 5.41) is 3.73. The molecule has 0 aromatic heterocycles. The number of hydrogen-bond donors (Lipinski definition) is 3. The topological polar surface area (TPSA) is 59.3 Å². The molecule has 4 N–H and O–H groups in total. The van der Waals surface area contributed by atoms with Crippen LogP contribution in [0.1, 0.15) is 0 Å². The summed E-state index contributed by atoms with van der Waals surface area (Å²) in [6.07, 6.45) is 0. The van der Waals surface area contributed by atoms with Crippen LogP contribution in [0.25, 0.3) is 0 Å². The summed E-state index contributed by atoms with van der Waals surface area (Å²) in [4.78, 5) is 0. The van der Waals surface area contributed by atoms with Crippen LogP contribution in [0, 0.1) is 0 Å². The molecule has 0 saturated heterocycles. The Bertz CT molecular complexity index is 345. The summed E-state index contributed by atoms with van der Waals surface area (Å²) >= 11 is 10.7. The highest BCUT2D eigenvalue weighted by atomic mass is 35.5. The van der Waals surface area contributed by atoms with Gasteiger partial charge in [0.25, 0.3) is 0 Å². The van der Waals surface area contributed by atoms with E-state index in [2.05, 4.69) is 10.7 Å². The normalized spacial score (nSPS) is 9.36. The molecule has 1 rings (SSSR count). The predicted octanol–water partition coefficient (Wildman–Crippen LogP) is 1.51. The number of halogens is 1. The lowest BCUT2D eigenvalue weighted by Gasteiger charge is -2.11. The monoisotopic (exact) mass is 231 g/mol. The van der Waals surface area contributed by atoms with Crippen LogP contribution in [-0.2, 0) is 0 Å². The molecule has 0 radical (unpaired) electrons. The van der Waals surface area contributed by atoms with Crippen LogP contribution in [0.15, 0.2) is 18.2 Å². The lowest BCUT2D eigenvalue weighted by Crippen LogP contribution is -2.34. The third-order valence-corrected chi connectivity index (χ3v) is 2.00. The first-order valence-corrected chi connectivity index (χ1v) is 4.57. The largest absolute Gasteiger partial charge is 0.495 e. The summed E-state index contributed by atoms with van der Waals surface area (Å²) < 4.78 is 5.10. The number of nitrogens with two attached hydrogens (primary N) is 1. The lowest BCUT2D eigenvalue weighted by atomic mass is 10.3. The highest BCUT2D eigenvalue weighted by molar-refractivity contribution is 7.80. The molecule has 1 aromatic carbocycles. The van der Waals surface area contributed by atoms with E-state index in [1.165, 1.54) is 0 Å². The van der Waals surface area contributed by atoms with Gasteiger partial charge in [0.15, 0.2) is 5.11 Å². The van der Waals surface area contributed by atoms with E-state index in [1.54, 1.807) is 25.3 Å². The number of thiocarbonyl (C=S) groups is 1. The fourth-order valence-corrected chi connectivity index (χ4v) is 1.22. The Balaban J connectivity index is 2.93. The van der Waals surface area contributed by atoms with Gasteiger partial charge in [0.1, 0.15) is 5.75 Å². The predicted molar refractivity (Wildman–Crippen MR) is 61.5 cm³/mol. The summed E-state index contributed by atoms with van der Waals surface area (Å²) in [5.41, 5.74) is 2.98. The van der Waals surface area contributed by atoms with E-state index in [4.69, 9.17) is 34.4 Å². The average molecular weight is 232 g/mol. The average Bonchev–Trinajstić information content (AvgIpc) is 2.18. The van der Waals surface area contributed by atoms with Crippen LogP contribution in [0.5, 0.6) is 5.75 Å². The minimum Gasteiger partial charge on any atom is -0.495 e. The molecule has 1 aromatic rings. The number of benzene rings is 1. The van der Waals surface area contributed by atoms with Gasteiger partial charge in [-0.1, -0.05) is 11.6 Å². The summed E-state index contributed by atoms with van der Waals surface area (Å²) in [5.74, 6) is 5.77. The van der Waals surface area contributed by atoms with Gasteiger partial charge in [-0.3, -0.25) is 0 Å². The Morgan fingerprint density at radius 2 is 2.29 bits per heavy atom. The summed E-state index contributed by atoms with van der Waals surface area (Å²) in [6.45, 7) is 0. The molecule has 0 fully saturated rings. The Hall–Kier alpha value is -1.04. The van der Waals surface area contributed by atoms with Crippen molar-refractivity contribution in [1.82, 2.24) is 5.43 Å². The number of nitrogens with one attached hydrogen (secondary N) is 2. The zero-order chi connectivity index (χ0) is 10.6. The van der Waals surface area contributed by atoms with Gasteiger partial charge in [-0.15, -0.1) is 0 Å². The zero-order valence-electron chi connectivity index (χ0n) is 7.50. The molecule has 0 heterocycles. The number of rotatable bonds is 2. The molecule has 76 valence electrons. The van der Waals surface area contributed by atoms with Gasteiger partial charge in [0.2, 0.25) is 0 Å². The van der Waals surface area contributed by atoms with Crippen LogP contribution in [0.2, 0.25) is 5.02 Å². The van der Waals surface area contributed by atoms with Crippen molar-refractivity contribution in [3.8, 4) is 5.75 Å². The summed E-state index contributed by atoms with van der Waals surface area (Å²) in [6, 6.07) is 5.16. The Labute approximate surface area is 92.3 Å². The Morgan fingerprint density at radius 3 is 2.86 bits per heavy atom. The van der Waals surface area contributed by atoms with Gasteiger partial charge < -0.3 is 15.5 Å². The minimum atomic E-state index is 0.297. The third-order valence-electron chi connectivity index (χ3n) is 1.54. The van der Waals surface area contributed by atoms with Crippen LogP contribution in [0.4, 0.5) is 5.69 Å². The van der Waals surface area contributed by atoms with Gasteiger partial charge in [-0.25, -0.2) is 5.84 Å². The standard InChI is InChI=1S/C8H10ClN3OS/c1-13-7-3-2-5(9)4-6(7)11-8(14)12-10/h2-4H,10H2,1H3,(H2,11,12,14). The molecule has 0 unspecified atom stereocenters. The van der Waals surface area contributed by atoms with Crippen molar-refractivity contribution >= 4 is 34.6 Å². The van der Waals surface area contributed by atoms with Crippen molar-refractivity contribution in [1.29, 1.82) is 0 Å². The van der Waals surface area contributed by atoms with E-state index >= 15 is 0 Å². The maximum atomic E-state index is 5.81. The first kappa shape index (κ1) is 11.0. The fourth-order valence-electron chi connectivity index (χ4n) is 0.936. The third kappa shape index (κ3) is 2.73. The van der Waals surface area contributed by atoms with E-state index in [9.17, 15) is 0 Å². The van der Waals surface area contributed by atoms with Gasteiger partial charge in [0, 0.05) is 5.02 Å². The number of hydrazine groups is 1. The molecule has 0 aliphatic heterocycles. The number of anilines is 1. The SMILES string of the molecule is COc1ccc(Cl)cc1NC(=S)NN. The second kappa shape index (κ2) is 4.99. The van der Waals surface area contributed by atoms with Crippen molar-refractivity contribution in [3.05, 3.63) is 23.2 Å². The zero-order valence-corrected chi connectivity index (χ0v) is 9.08. The molecule has 0 aliphatic carbocycles. The smallest absolute Gasteiger partial charge is 0.185 e. The van der Waals surface area contributed by atoms with Crippen molar-refractivity contribution in [2.24, 2.45) is 5.84 Å². The lowest BCUT2D eigenvalue weighted by molar-refractivity contribution is 0.417. The van der Waals surface area contributed by atoms with Crippen molar-refractivity contribution in [2.45, 2.75) is 0 Å². The van der Waals surface area contributed by atoms with Gasteiger partial charge >= 0.3 is 0 Å². The van der Waals surface area contributed by atoms with Gasteiger partial charge in [-0.05, 0) is 30.4 Å². The molecule has 0 amide bonds. The minimum absolute atomic E-state index is 0.297. The maximum absolute atomic E-state index is 5.81.